The Bertz CT molecular complexity index is 432. The first-order chi connectivity index (χ1) is 8.07. The molecule has 0 spiro atoms. The summed E-state index contributed by atoms with van der Waals surface area (Å²) >= 11 is 1.68. The minimum atomic E-state index is -0.0378. The highest BCUT2D eigenvalue weighted by molar-refractivity contribution is 7.12. The summed E-state index contributed by atoms with van der Waals surface area (Å²) in [6.07, 6.45) is 3.45. The Kier molecular flexibility index (Phi) is 3.64. The average Bonchev–Trinajstić information content (AvgIpc) is 2.67. The predicted molar refractivity (Wildman–Crippen MR) is 70.0 cm³/mol. The van der Waals surface area contributed by atoms with Crippen LogP contribution >= 0.6 is 11.3 Å². The number of rotatable bonds is 4. The molecular weight excluding hydrogens is 234 g/mol. The molecule has 2 heterocycles. The van der Waals surface area contributed by atoms with Gasteiger partial charge in [0.25, 0.3) is 0 Å². The zero-order chi connectivity index (χ0) is 12.3. The van der Waals surface area contributed by atoms with Crippen molar-refractivity contribution in [3.63, 3.8) is 0 Å². The van der Waals surface area contributed by atoms with E-state index in [0.29, 0.717) is 6.54 Å². The molecule has 0 unspecified atom stereocenters. The van der Waals surface area contributed by atoms with Crippen LogP contribution in [0.3, 0.4) is 0 Å². The van der Waals surface area contributed by atoms with Gasteiger partial charge in [0.2, 0.25) is 5.91 Å². The Morgan fingerprint density at radius 1 is 1.59 bits per heavy atom. The quantitative estimate of drug-likeness (QED) is 0.833. The molecule has 4 heteroatoms. The van der Waals surface area contributed by atoms with E-state index < -0.39 is 0 Å². The SMILES string of the molecule is Cc1ccc(C=CC(=O)NCC2(C)COC2)s1. The van der Waals surface area contributed by atoms with Crippen LogP contribution in [0, 0.1) is 12.3 Å². The number of amides is 1. The third-order valence-corrected chi connectivity index (χ3v) is 3.72. The summed E-state index contributed by atoms with van der Waals surface area (Å²) in [6.45, 7) is 6.32. The van der Waals surface area contributed by atoms with Crippen LogP contribution in [0.1, 0.15) is 16.7 Å². The van der Waals surface area contributed by atoms with Crippen LogP contribution in [0.15, 0.2) is 18.2 Å². The molecule has 0 aromatic carbocycles. The molecule has 0 aliphatic carbocycles. The van der Waals surface area contributed by atoms with Crippen LogP contribution < -0.4 is 5.32 Å². The average molecular weight is 251 g/mol. The lowest BCUT2D eigenvalue weighted by molar-refractivity contribution is -0.122. The lowest BCUT2D eigenvalue weighted by Crippen LogP contribution is -2.48. The summed E-state index contributed by atoms with van der Waals surface area (Å²) in [5, 5.41) is 2.90. The van der Waals surface area contributed by atoms with Crippen molar-refractivity contribution in [1.82, 2.24) is 5.32 Å². The van der Waals surface area contributed by atoms with E-state index in [-0.39, 0.29) is 11.3 Å². The number of hydrogen-bond acceptors (Lipinski definition) is 3. The van der Waals surface area contributed by atoms with E-state index in [0.717, 1.165) is 18.1 Å². The third kappa shape index (κ3) is 3.41. The Labute approximate surface area is 105 Å². The highest BCUT2D eigenvalue weighted by Gasteiger charge is 2.33. The summed E-state index contributed by atoms with van der Waals surface area (Å²) in [5.74, 6) is -0.0378. The normalized spacial score (nSPS) is 18.0. The standard InChI is InChI=1S/C13H17NO2S/c1-10-3-4-11(17-10)5-6-12(15)14-7-13(2)8-16-9-13/h3-6H,7-9H2,1-2H3,(H,14,15). The second kappa shape index (κ2) is 5.02. The van der Waals surface area contributed by atoms with Crippen LogP contribution in [-0.2, 0) is 9.53 Å². The smallest absolute Gasteiger partial charge is 0.244 e. The van der Waals surface area contributed by atoms with E-state index in [1.807, 2.05) is 12.1 Å². The molecule has 1 fully saturated rings. The summed E-state index contributed by atoms with van der Waals surface area (Å²) in [6, 6.07) is 4.07. The molecule has 1 amide bonds. The van der Waals surface area contributed by atoms with Crippen LogP contribution in [0.25, 0.3) is 6.08 Å². The summed E-state index contributed by atoms with van der Waals surface area (Å²) in [4.78, 5) is 13.9. The van der Waals surface area contributed by atoms with Crippen molar-refractivity contribution >= 4 is 23.3 Å². The van der Waals surface area contributed by atoms with E-state index in [1.54, 1.807) is 17.4 Å². The topological polar surface area (TPSA) is 38.3 Å². The van der Waals surface area contributed by atoms with Gasteiger partial charge >= 0.3 is 0 Å². The fourth-order valence-electron chi connectivity index (χ4n) is 1.61. The minimum absolute atomic E-state index is 0.0378. The number of ether oxygens (including phenoxy) is 1. The Hall–Kier alpha value is -1.13. The van der Waals surface area contributed by atoms with Crippen LogP contribution in [-0.4, -0.2) is 25.7 Å². The van der Waals surface area contributed by atoms with Gasteiger partial charge in [-0.1, -0.05) is 6.92 Å². The van der Waals surface area contributed by atoms with Crippen LogP contribution in [0.5, 0.6) is 0 Å². The maximum Gasteiger partial charge on any atom is 0.244 e. The highest BCUT2D eigenvalue weighted by Crippen LogP contribution is 2.25. The molecule has 1 aromatic heterocycles. The second-order valence-corrected chi connectivity index (χ2v) is 6.12. The zero-order valence-corrected chi connectivity index (χ0v) is 11.0. The van der Waals surface area contributed by atoms with Crippen molar-refractivity contribution in [2.45, 2.75) is 13.8 Å². The van der Waals surface area contributed by atoms with Gasteiger partial charge in [0.1, 0.15) is 0 Å². The van der Waals surface area contributed by atoms with Crippen molar-refractivity contribution in [2.24, 2.45) is 5.41 Å². The lowest BCUT2D eigenvalue weighted by atomic mass is 9.89. The van der Waals surface area contributed by atoms with Gasteiger partial charge in [-0.15, -0.1) is 11.3 Å². The number of carbonyl (C=O) groups excluding carboxylic acids is 1. The summed E-state index contributed by atoms with van der Waals surface area (Å²) in [7, 11) is 0. The summed E-state index contributed by atoms with van der Waals surface area (Å²) < 4.78 is 5.13. The highest BCUT2D eigenvalue weighted by atomic mass is 32.1. The van der Waals surface area contributed by atoms with Crippen molar-refractivity contribution in [1.29, 1.82) is 0 Å². The van der Waals surface area contributed by atoms with Crippen LogP contribution in [0.2, 0.25) is 0 Å². The molecule has 0 saturated carbocycles. The predicted octanol–water partition coefficient (Wildman–Crippen LogP) is 2.22. The molecule has 1 saturated heterocycles. The number of carbonyl (C=O) groups is 1. The first-order valence-electron chi connectivity index (χ1n) is 5.68. The van der Waals surface area contributed by atoms with Gasteiger partial charge in [-0.25, -0.2) is 0 Å². The van der Waals surface area contributed by atoms with Crippen LogP contribution in [0.4, 0.5) is 0 Å². The van der Waals surface area contributed by atoms with Gasteiger partial charge in [0, 0.05) is 27.8 Å². The number of nitrogens with one attached hydrogen (secondary N) is 1. The van der Waals surface area contributed by atoms with E-state index in [2.05, 4.69) is 25.2 Å². The van der Waals surface area contributed by atoms with Gasteiger partial charge < -0.3 is 10.1 Å². The molecule has 3 nitrogen and oxygen atoms in total. The lowest BCUT2D eigenvalue weighted by Gasteiger charge is -2.37. The van der Waals surface area contributed by atoms with E-state index in [9.17, 15) is 4.79 Å². The molecule has 0 radical (unpaired) electrons. The Balaban J connectivity index is 1.79. The fraction of sp³-hybridized carbons (Fsp3) is 0.462. The molecule has 1 aliphatic heterocycles. The van der Waals surface area contributed by atoms with Crippen molar-refractivity contribution < 1.29 is 9.53 Å². The fourth-order valence-corrected chi connectivity index (χ4v) is 2.39. The zero-order valence-electron chi connectivity index (χ0n) is 10.2. The Morgan fingerprint density at radius 3 is 2.88 bits per heavy atom. The van der Waals surface area contributed by atoms with Crippen molar-refractivity contribution in [3.05, 3.63) is 28.0 Å². The minimum Gasteiger partial charge on any atom is -0.380 e. The maximum absolute atomic E-state index is 11.6. The van der Waals surface area contributed by atoms with E-state index in [4.69, 9.17) is 4.74 Å². The molecule has 0 atom stereocenters. The van der Waals surface area contributed by atoms with Crippen molar-refractivity contribution in [2.75, 3.05) is 19.8 Å². The molecular formula is C13H17NO2S. The summed E-state index contributed by atoms with van der Waals surface area (Å²) in [5.41, 5.74) is 0.128. The number of aryl methyl sites for hydroxylation is 1. The maximum atomic E-state index is 11.6. The van der Waals surface area contributed by atoms with Gasteiger partial charge in [-0.2, -0.15) is 0 Å². The van der Waals surface area contributed by atoms with Gasteiger partial charge in [-0.3, -0.25) is 4.79 Å². The first-order valence-corrected chi connectivity index (χ1v) is 6.49. The molecule has 1 aromatic rings. The largest absolute Gasteiger partial charge is 0.380 e. The third-order valence-electron chi connectivity index (χ3n) is 2.75. The molecule has 92 valence electrons. The molecule has 1 N–H and O–H groups in total. The second-order valence-electron chi connectivity index (χ2n) is 4.80. The molecule has 2 rings (SSSR count). The Morgan fingerprint density at radius 2 is 2.35 bits per heavy atom. The van der Waals surface area contributed by atoms with E-state index in [1.165, 1.54) is 4.88 Å². The monoisotopic (exact) mass is 251 g/mol. The van der Waals surface area contributed by atoms with Crippen molar-refractivity contribution in [3.8, 4) is 0 Å². The van der Waals surface area contributed by atoms with Gasteiger partial charge in [0.05, 0.1) is 13.2 Å². The van der Waals surface area contributed by atoms with Gasteiger partial charge in [-0.05, 0) is 25.1 Å². The number of hydrogen-bond donors (Lipinski definition) is 1. The first kappa shape index (κ1) is 12.3. The molecule has 1 aliphatic rings. The molecule has 17 heavy (non-hydrogen) atoms. The van der Waals surface area contributed by atoms with E-state index >= 15 is 0 Å². The van der Waals surface area contributed by atoms with Gasteiger partial charge in [0.15, 0.2) is 0 Å². The molecule has 0 bridgehead atoms. The number of thiophene rings is 1.